The molecule has 1 aromatic carbocycles. The molecule has 3 rings (SSSR count). The van der Waals surface area contributed by atoms with Crippen molar-refractivity contribution < 1.29 is 27.1 Å². The van der Waals surface area contributed by atoms with Crippen molar-refractivity contribution in [2.75, 3.05) is 18.6 Å². The number of aromatic nitrogens is 1. The normalized spacial score (nSPS) is 17.1. The maximum atomic E-state index is 14.6. The molecule has 1 amide bonds. The molecule has 1 saturated heterocycles. The Labute approximate surface area is 177 Å². The van der Waals surface area contributed by atoms with Crippen molar-refractivity contribution in [3.8, 4) is 5.75 Å². The summed E-state index contributed by atoms with van der Waals surface area (Å²) in [5.74, 6) is -1.02. The van der Waals surface area contributed by atoms with Gasteiger partial charge in [-0.1, -0.05) is 0 Å². The van der Waals surface area contributed by atoms with E-state index in [9.17, 15) is 27.2 Å². The van der Waals surface area contributed by atoms with Crippen molar-refractivity contribution in [1.29, 1.82) is 0 Å². The van der Waals surface area contributed by atoms with E-state index in [0.717, 1.165) is 4.57 Å². The van der Waals surface area contributed by atoms with E-state index in [1.165, 1.54) is 36.4 Å². The first-order valence-corrected chi connectivity index (χ1v) is 9.78. The second kappa shape index (κ2) is 8.33. The molecule has 1 aliphatic heterocycles. The van der Waals surface area contributed by atoms with Gasteiger partial charge in [0.15, 0.2) is 0 Å². The van der Waals surface area contributed by atoms with Crippen LogP contribution < -0.4 is 15.2 Å². The first-order valence-electron chi connectivity index (χ1n) is 8.70. The number of rotatable bonds is 5. The Morgan fingerprint density at radius 3 is 2.62 bits per heavy atom. The minimum Gasteiger partial charge on any atom is -0.497 e. The highest BCUT2D eigenvalue weighted by Gasteiger charge is 2.36. The first-order chi connectivity index (χ1) is 13.6. The van der Waals surface area contributed by atoms with Crippen LogP contribution >= 0.6 is 22.6 Å². The largest absolute Gasteiger partial charge is 0.497 e. The molecule has 1 fully saturated rings. The van der Waals surface area contributed by atoms with Gasteiger partial charge in [0.2, 0.25) is 5.91 Å². The molecular weight excluding hydrogens is 507 g/mol. The summed E-state index contributed by atoms with van der Waals surface area (Å²) in [6, 6.07) is 5.70. The van der Waals surface area contributed by atoms with E-state index in [0.29, 0.717) is 14.9 Å². The Morgan fingerprint density at radius 2 is 2.00 bits per heavy atom. The minimum absolute atomic E-state index is 0.00383. The van der Waals surface area contributed by atoms with Crippen LogP contribution in [-0.4, -0.2) is 30.3 Å². The molecule has 0 spiro atoms. The molecule has 2 heterocycles. The van der Waals surface area contributed by atoms with Gasteiger partial charge in [-0.3, -0.25) is 9.59 Å². The zero-order chi connectivity index (χ0) is 21.3. The zero-order valence-corrected chi connectivity index (χ0v) is 17.5. The van der Waals surface area contributed by atoms with Crippen molar-refractivity contribution in [2.24, 2.45) is 0 Å². The lowest BCUT2D eigenvalue weighted by Gasteiger charge is -2.19. The standard InChI is InChI=1S/C19H17F4IN2O3/c1-29-12-8-13(20)17(14(24)9-12)11-7-16(27)26(10-11)15-3-2-5-25(18(15)28)6-4-19(21,22)23/h2-3,5,8-9,11H,4,6-7,10H2,1H3/t11-/m0/s1. The fourth-order valence-corrected chi connectivity index (χ4v) is 4.36. The van der Waals surface area contributed by atoms with Crippen molar-refractivity contribution in [3.63, 3.8) is 0 Å². The second-order valence-corrected chi connectivity index (χ2v) is 7.83. The summed E-state index contributed by atoms with van der Waals surface area (Å²) in [6.07, 6.45) is -4.30. The summed E-state index contributed by atoms with van der Waals surface area (Å²) in [6.45, 7) is -0.469. The molecule has 0 N–H and O–H groups in total. The average molecular weight is 524 g/mol. The van der Waals surface area contributed by atoms with Crippen molar-refractivity contribution in [3.05, 3.63) is 55.8 Å². The van der Waals surface area contributed by atoms with E-state index < -0.39 is 36.4 Å². The monoisotopic (exact) mass is 524 g/mol. The van der Waals surface area contributed by atoms with Gasteiger partial charge in [-0.15, -0.1) is 0 Å². The van der Waals surface area contributed by atoms with Crippen LogP contribution in [0.5, 0.6) is 5.75 Å². The molecule has 0 saturated carbocycles. The van der Waals surface area contributed by atoms with Crippen LogP contribution in [-0.2, 0) is 11.3 Å². The van der Waals surface area contributed by atoms with Gasteiger partial charge in [-0.05, 0) is 40.8 Å². The molecule has 0 bridgehead atoms. The number of carbonyl (C=O) groups excluding carboxylic acids is 1. The summed E-state index contributed by atoms with van der Waals surface area (Å²) >= 11 is 1.96. The summed E-state index contributed by atoms with van der Waals surface area (Å²) < 4.78 is 58.6. The number of methoxy groups -OCH3 is 1. The molecule has 1 aliphatic rings. The number of hydrogen-bond acceptors (Lipinski definition) is 3. The summed E-state index contributed by atoms with van der Waals surface area (Å²) in [7, 11) is 1.42. The van der Waals surface area contributed by atoms with E-state index >= 15 is 0 Å². The Bertz CT molecular complexity index is 967. The number of amides is 1. The van der Waals surface area contributed by atoms with Crippen LogP contribution in [0.2, 0.25) is 0 Å². The third-order valence-corrected chi connectivity index (χ3v) is 5.64. The number of benzene rings is 1. The fourth-order valence-electron chi connectivity index (χ4n) is 3.36. The fraction of sp³-hybridized carbons (Fsp3) is 0.368. The van der Waals surface area contributed by atoms with Gasteiger partial charge in [0.1, 0.15) is 17.3 Å². The first kappa shape index (κ1) is 21.6. The van der Waals surface area contributed by atoms with Crippen molar-refractivity contribution in [1.82, 2.24) is 4.57 Å². The number of hydrogen-bond donors (Lipinski definition) is 0. The molecule has 5 nitrogen and oxygen atoms in total. The maximum Gasteiger partial charge on any atom is 0.390 e. The molecule has 0 aliphatic carbocycles. The van der Waals surface area contributed by atoms with Crippen LogP contribution in [0, 0.1) is 9.39 Å². The Morgan fingerprint density at radius 1 is 1.28 bits per heavy atom. The predicted octanol–water partition coefficient (Wildman–Crippen LogP) is 4.07. The quantitative estimate of drug-likeness (QED) is 0.438. The van der Waals surface area contributed by atoms with Gasteiger partial charge in [-0.25, -0.2) is 4.39 Å². The number of alkyl halides is 3. The number of halogens is 5. The molecule has 0 unspecified atom stereocenters. The number of anilines is 1. The van der Waals surface area contributed by atoms with Crippen LogP contribution in [0.4, 0.5) is 23.2 Å². The molecule has 0 radical (unpaired) electrons. The SMILES string of the molecule is COc1cc(F)c([C@H]2CC(=O)N(c3cccn(CCC(F)(F)F)c3=O)C2)c(I)c1. The smallest absolute Gasteiger partial charge is 0.390 e. The molecule has 1 atom stereocenters. The van der Waals surface area contributed by atoms with E-state index in [1.54, 1.807) is 6.07 Å². The molecule has 2 aromatic rings. The van der Waals surface area contributed by atoms with Gasteiger partial charge in [0, 0.05) is 46.8 Å². The van der Waals surface area contributed by atoms with E-state index in [1.807, 2.05) is 22.6 Å². The van der Waals surface area contributed by atoms with Gasteiger partial charge in [0.05, 0.1) is 13.5 Å². The van der Waals surface area contributed by atoms with Gasteiger partial charge < -0.3 is 14.2 Å². The van der Waals surface area contributed by atoms with Gasteiger partial charge >= 0.3 is 6.18 Å². The predicted molar refractivity (Wildman–Crippen MR) is 107 cm³/mol. The van der Waals surface area contributed by atoms with Crippen LogP contribution in [0.15, 0.2) is 35.3 Å². The van der Waals surface area contributed by atoms with Crippen molar-refractivity contribution >= 4 is 34.2 Å². The van der Waals surface area contributed by atoms with Crippen molar-refractivity contribution in [2.45, 2.75) is 31.5 Å². The lowest BCUT2D eigenvalue weighted by Crippen LogP contribution is -2.33. The topological polar surface area (TPSA) is 51.5 Å². The van der Waals surface area contributed by atoms with E-state index in [2.05, 4.69) is 0 Å². The zero-order valence-electron chi connectivity index (χ0n) is 15.3. The lowest BCUT2D eigenvalue weighted by molar-refractivity contribution is -0.136. The number of pyridine rings is 1. The molecule has 1 aromatic heterocycles. The molecular formula is C19H17F4IN2O3. The van der Waals surface area contributed by atoms with Crippen LogP contribution in [0.1, 0.15) is 24.3 Å². The second-order valence-electron chi connectivity index (χ2n) is 6.67. The summed E-state index contributed by atoms with van der Waals surface area (Å²) in [4.78, 5) is 26.3. The third kappa shape index (κ3) is 4.73. The number of ether oxygens (including phenoxy) is 1. The van der Waals surface area contributed by atoms with E-state index in [4.69, 9.17) is 4.74 Å². The molecule has 10 heteroatoms. The summed E-state index contributed by atoms with van der Waals surface area (Å²) in [5, 5.41) is 0. The number of aryl methyl sites for hydroxylation is 1. The number of carbonyl (C=O) groups is 1. The Balaban J connectivity index is 1.88. The molecule has 156 valence electrons. The maximum absolute atomic E-state index is 14.6. The molecule has 29 heavy (non-hydrogen) atoms. The Hall–Kier alpha value is -2.11. The van der Waals surface area contributed by atoms with Crippen LogP contribution in [0.3, 0.4) is 0 Å². The summed E-state index contributed by atoms with van der Waals surface area (Å²) in [5.41, 5.74) is -0.336. The van der Waals surface area contributed by atoms with E-state index in [-0.39, 0.29) is 24.6 Å². The highest BCUT2D eigenvalue weighted by molar-refractivity contribution is 14.1. The lowest BCUT2D eigenvalue weighted by atomic mass is 9.97. The van der Waals surface area contributed by atoms with Gasteiger partial charge in [0.25, 0.3) is 5.56 Å². The Kier molecular flexibility index (Phi) is 6.20. The van der Waals surface area contributed by atoms with Gasteiger partial charge in [-0.2, -0.15) is 13.2 Å². The van der Waals surface area contributed by atoms with Crippen LogP contribution in [0.25, 0.3) is 0 Å². The highest BCUT2D eigenvalue weighted by Crippen LogP contribution is 2.36. The minimum atomic E-state index is -4.40. The average Bonchev–Trinajstić information content (AvgIpc) is 3.00. The highest BCUT2D eigenvalue weighted by atomic mass is 127. The third-order valence-electron chi connectivity index (χ3n) is 4.75. The number of nitrogens with zero attached hydrogens (tertiary/aromatic N) is 2.